The molecular formula is C14H18N2O3. The summed E-state index contributed by atoms with van der Waals surface area (Å²) in [5.41, 5.74) is 0.936. The first kappa shape index (κ1) is 14.9. The van der Waals surface area contributed by atoms with Crippen LogP contribution in [-0.4, -0.2) is 35.6 Å². The molecule has 0 aromatic heterocycles. The highest BCUT2D eigenvalue weighted by molar-refractivity contribution is 6.39. The van der Waals surface area contributed by atoms with Crippen molar-refractivity contribution in [1.29, 1.82) is 0 Å². The Balaban J connectivity index is 2.79. The molecule has 2 amide bonds. The standard InChI is InChI=1S/C14H18N2O3/c1-4-16(5-2)14(19)13(18)15-12-8-6-7-11(9-12)10(3)17/h6-9H,4-5H2,1-3H3,(H,15,18). The van der Waals surface area contributed by atoms with E-state index < -0.39 is 11.8 Å². The molecule has 0 saturated carbocycles. The summed E-state index contributed by atoms with van der Waals surface area (Å²) in [7, 11) is 0. The number of carbonyl (C=O) groups is 3. The maximum atomic E-state index is 11.8. The van der Waals surface area contributed by atoms with E-state index in [2.05, 4.69) is 5.32 Å². The van der Waals surface area contributed by atoms with E-state index >= 15 is 0 Å². The molecule has 0 aliphatic rings. The van der Waals surface area contributed by atoms with Crippen LogP contribution in [0.4, 0.5) is 5.69 Å². The molecule has 0 heterocycles. The van der Waals surface area contributed by atoms with Crippen LogP contribution >= 0.6 is 0 Å². The zero-order valence-electron chi connectivity index (χ0n) is 11.4. The van der Waals surface area contributed by atoms with E-state index in [9.17, 15) is 14.4 Å². The third kappa shape index (κ3) is 3.91. The summed E-state index contributed by atoms with van der Waals surface area (Å²) in [5, 5.41) is 2.50. The van der Waals surface area contributed by atoms with Crippen LogP contribution in [0, 0.1) is 0 Å². The molecule has 0 fully saturated rings. The predicted octanol–water partition coefficient (Wildman–Crippen LogP) is 1.70. The number of carbonyl (C=O) groups excluding carboxylic acids is 3. The fourth-order valence-electron chi connectivity index (χ4n) is 1.65. The molecule has 0 radical (unpaired) electrons. The van der Waals surface area contributed by atoms with Crippen molar-refractivity contribution in [2.45, 2.75) is 20.8 Å². The Bertz CT molecular complexity index is 493. The number of nitrogens with one attached hydrogen (secondary N) is 1. The van der Waals surface area contributed by atoms with Gasteiger partial charge in [-0.25, -0.2) is 0 Å². The van der Waals surface area contributed by atoms with Crippen LogP contribution in [0.1, 0.15) is 31.1 Å². The second-order valence-electron chi connectivity index (χ2n) is 4.07. The number of likely N-dealkylation sites (N-methyl/N-ethyl adjacent to an activating group) is 1. The Hall–Kier alpha value is -2.17. The number of nitrogens with zero attached hydrogens (tertiary/aromatic N) is 1. The number of hydrogen-bond donors (Lipinski definition) is 1. The minimum absolute atomic E-state index is 0.0915. The molecule has 1 rings (SSSR count). The summed E-state index contributed by atoms with van der Waals surface area (Å²) in [4.78, 5) is 36.2. The topological polar surface area (TPSA) is 66.5 Å². The van der Waals surface area contributed by atoms with Crippen LogP contribution in [0.5, 0.6) is 0 Å². The van der Waals surface area contributed by atoms with E-state index in [0.717, 1.165) is 0 Å². The van der Waals surface area contributed by atoms with Gasteiger partial charge in [-0.3, -0.25) is 14.4 Å². The van der Waals surface area contributed by atoms with Gasteiger partial charge in [-0.15, -0.1) is 0 Å². The van der Waals surface area contributed by atoms with Crippen LogP contribution in [0.25, 0.3) is 0 Å². The average Bonchev–Trinajstić information content (AvgIpc) is 2.40. The number of ketones is 1. The van der Waals surface area contributed by atoms with E-state index in [4.69, 9.17) is 0 Å². The summed E-state index contributed by atoms with van der Waals surface area (Å²) in [5.74, 6) is -1.35. The minimum atomic E-state index is -0.690. The van der Waals surface area contributed by atoms with Crippen molar-refractivity contribution in [3.8, 4) is 0 Å². The van der Waals surface area contributed by atoms with Gasteiger partial charge in [0, 0.05) is 24.3 Å². The molecule has 0 spiro atoms. The third-order valence-corrected chi connectivity index (χ3v) is 2.77. The summed E-state index contributed by atoms with van der Waals surface area (Å²) in [6, 6.07) is 6.51. The Labute approximate surface area is 112 Å². The molecule has 0 aliphatic carbocycles. The Morgan fingerprint density at radius 3 is 2.32 bits per heavy atom. The predicted molar refractivity (Wildman–Crippen MR) is 73.0 cm³/mol. The van der Waals surface area contributed by atoms with Crippen LogP contribution in [-0.2, 0) is 9.59 Å². The normalized spacial score (nSPS) is 9.84. The van der Waals surface area contributed by atoms with E-state index in [-0.39, 0.29) is 5.78 Å². The van der Waals surface area contributed by atoms with Crippen LogP contribution < -0.4 is 5.32 Å². The van der Waals surface area contributed by atoms with Crippen LogP contribution in [0.2, 0.25) is 0 Å². The van der Waals surface area contributed by atoms with E-state index in [1.807, 2.05) is 13.8 Å². The second kappa shape index (κ2) is 6.68. The van der Waals surface area contributed by atoms with Gasteiger partial charge in [0.2, 0.25) is 0 Å². The summed E-state index contributed by atoms with van der Waals surface area (Å²) in [6.07, 6.45) is 0. The quantitative estimate of drug-likeness (QED) is 0.663. The molecule has 0 aliphatic heterocycles. The molecule has 1 N–H and O–H groups in total. The molecule has 5 heteroatoms. The SMILES string of the molecule is CCN(CC)C(=O)C(=O)Nc1cccc(C(C)=O)c1. The van der Waals surface area contributed by atoms with Gasteiger partial charge >= 0.3 is 11.8 Å². The lowest BCUT2D eigenvalue weighted by atomic mass is 10.1. The molecular weight excluding hydrogens is 244 g/mol. The van der Waals surface area contributed by atoms with E-state index in [1.165, 1.54) is 11.8 Å². The second-order valence-corrected chi connectivity index (χ2v) is 4.07. The Morgan fingerprint density at radius 2 is 1.79 bits per heavy atom. The Kier molecular flexibility index (Phi) is 5.23. The Morgan fingerprint density at radius 1 is 1.16 bits per heavy atom. The van der Waals surface area contributed by atoms with Gasteiger partial charge in [0.15, 0.2) is 5.78 Å². The molecule has 0 bridgehead atoms. The van der Waals surface area contributed by atoms with Crippen molar-refractivity contribution in [1.82, 2.24) is 4.90 Å². The minimum Gasteiger partial charge on any atom is -0.335 e. The highest BCUT2D eigenvalue weighted by atomic mass is 16.2. The largest absolute Gasteiger partial charge is 0.335 e. The molecule has 1 aromatic carbocycles. The molecule has 0 unspecified atom stereocenters. The molecule has 0 atom stereocenters. The summed E-state index contributed by atoms with van der Waals surface area (Å²) >= 11 is 0. The van der Waals surface area contributed by atoms with Gasteiger partial charge in [-0.1, -0.05) is 12.1 Å². The highest BCUT2D eigenvalue weighted by Gasteiger charge is 2.19. The summed E-state index contributed by atoms with van der Waals surface area (Å²) < 4.78 is 0. The highest BCUT2D eigenvalue weighted by Crippen LogP contribution is 2.11. The maximum Gasteiger partial charge on any atom is 0.313 e. The first-order valence-electron chi connectivity index (χ1n) is 6.20. The van der Waals surface area contributed by atoms with Gasteiger partial charge < -0.3 is 10.2 Å². The van der Waals surface area contributed by atoms with Crippen molar-refractivity contribution in [3.63, 3.8) is 0 Å². The molecule has 102 valence electrons. The smallest absolute Gasteiger partial charge is 0.313 e. The van der Waals surface area contributed by atoms with Gasteiger partial charge in [0.25, 0.3) is 0 Å². The van der Waals surface area contributed by atoms with E-state index in [0.29, 0.717) is 24.3 Å². The lowest BCUT2D eigenvalue weighted by Crippen LogP contribution is -2.39. The molecule has 19 heavy (non-hydrogen) atoms. The zero-order chi connectivity index (χ0) is 14.4. The molecule has 1 aromatic rings. The monoisotopic (exact) mass is 262 g/mol. The molecule has 5 nitrogen and oxygen atoms in total. The first-order chi connectivity index (χ1) is 8.99. The van der Waals surface area contributed by atoms with Crippen molar-refractivity contribution in [3.05, 3.63) is 29.8 Å². The number of rotatable bonds is 4. The van der Waals surface area contributed by atoms with Crippen molar-refractivity contribution in [2.24, 2.45) is 0 Å². The van der Waals surface area contributed by atoms with Crippen molar-refractivity contribution >= 4 is 23.3 Å². The lowest BCUT2D eigenvalue weighted by molar-refractivity contribution is -0.142. The fourth-order valence-corrected chi connectivity index (χ4v) is 1.65. The summed E-state index contributed by atoms with van der Waals surface area (Å²) in [6.45, 7) is 6.03. The molecule has 0 saturated heterocycles. The van der Waals surface area contributed by atoms with Gasteiger partial charge in [-0.05, 0) is 32.9 Å². The number of amides is 2. The number of anilines is 1. The van der Waals surface area contributed by atoms with Crippen molar-refractivity contribution < 1.29 is 14.4 Å². The first-order valence-corrected chi connectivity index (χ1v) is 6.20. The number of Topliss-reactive ketones (excluding diaryl/α,β-unsaturated/α-hetero) is 1. The van der Waals surface area contributed by atoms with Crippen LogP contribution in [0.15, 0.2) is 24.3 Å². The van der Waals surface area contributed by atoms with Crippen LogP contribution in [0.3, 0.4) is 0 Å². The van der Waals surface area contributed by atoms with Gasteiger partial charge in [-0.2, -0.15) is 0 Å². The number of benzene rings is 1. The zero-order valence-corrected chi connectivity index (χ0v) is 11.4. The number of hydrogen-bond acceptors (Lipinski definition) is 3. The van der Waals surface area contributed by atoms with Crippen molar-refractivity contribution in [2.75, 3.05) is 18.4 Å². The van der Waals surface area contributed by atoms with Gasteiger partial charge in [0.1, 0.15) is 0 Å². The van der Waals surface area contributed by atoms with Gasteiger partial charge in [0.05, 0.1) is 0 Å². The third-order valence-electron chi connectivity index (χ3n) is 2.77. The maximum absolute atomic E-state index is 11.8. The fraction of sp³-hybridized carbons (Fsp3) is 0.357. The lowest BCUT2D eigenvalue weighted by Gasteiger charge is -2.17. The van der Waals surface area contributed by atoms with E-state index in [1.54, 1.807) is 24.3 Å². The average molecular weight is 262 g/mol.